The van der Waals surface area contributed by atoms with E-state index in [1.54, 1.807) is 17.7 Å². The lowest BCUT2D eigenvalue weighted by molar-refractivity contribution is -0.118. The first kappa shape index (κ1) is 20.6. The van der Waals surface area contributed by atoms with Crippen molar-refractivity contribution in [2.24, 2.45) is 5.92 Å². The molecule has 3 heterocycles. The third kappa shape index (κ3) is 5.48. The van der Waals surface area contributed by atoms with Gasteiger partial charge in [-0.15, -0.1) is 0 Å². The highest BCUT2D eigenvalue weighted by Gasteiger charge is 2.21. The molecule has 1 unspecified atom stereocenters. The van der Waals surface area contributed by atoms with Crippen molar-refractivity contribution in [1.82, 2.24) is 20.3 Å². The number of thioether (sulfide) groups is 1. The Balaban J connectivity index is 1.32. The molecule has 6 nitrogen and oxygen atoms in total. The summed E-state index contributed by atoms with van der Waals surface area (Å²) in [6, 6.07) is 0. The summed E-state index contributed by atoms with van der Waals surface area (Å²) < 4.78 is 0.992. The number of nitrogens with one attached hydrogen (secondary N) is 1. The zero-order chi connectivity index (χ0) is 20.1. The quantitative estimate of drug-likeness (QED) is 0.397. The lowest BCUT2D eigenvalue weighted by Crippen LogP contribution is -2.34. The fourth-order valence-corrected chi connectivity index (χ4v) is 5.96. The third-order valence-electron chi connectivity index (χ3n) is 5.57. The zero-order valence-electron chi connectivity index (χ0n) is 17.0. The Labute approximate surface area is 180 Å². The predicted molar refractivity (Wildman–Crippen MR) is 121 cm³/mol. The monoisotopic (exact) mass is 431 g/mol. The van der Waals surface area contributed by atoms with Gasteiger partial charge in [0.1, 0.15) is 16.1 Å². The number of carbonyl (C=O) groups excluding carboxylic acids is 1. The highest BCUT2D eigenvalue weighted by atomic mass is 32.2. The number of hydrogen-bond acceptors (Lipinski definition) is 7. The molecule has 1 N–H and O–H groups in total. The van der Waals surface area contributed by atoms with Crippen molar-refractivity contribution in [3.63, 3.8) is 0 Å². The van der Waals surface area contributed by atoms with E-state index < -0.39 is 0 Å². The van der Waals surface area contributed by atoms with Crippen LogP contribution in [0.15, 0.2) is 23.0 Å². The van der Waals surface area contributed by atoms with E-state index >= 15 is 0 Å². The van der Waals surface area contributed by atoms with Gasteiger partial charge in [-0.25, -0.2) is 9.97 Å². The fraction of sp³-hybridized carbons (Fsp3) is 0.619. The molecule has 8 heteroatoms. The van der Waals surface area contributed by atoms with Crippen molar-refractivity contribution in [3.8, 4) is 0 Å². The number of fused-ring (bicyclic) bond motifs is 1. The molecule has 0 saturated carbocycles. The van der Waals surface area contributed by atoms with Crippen molar-refractivity contribution in [2.75, 3.05) is 30.3 Å². The van der Waals surface area contributed by atoms with Gasteiger partial charge in [-0.3, -0.25) is 4.79 Å². The van der Waals surface area contributed by atoms with Gasteiger partial charge in [0.2, 0.25) is 5.91 Å². The van der Waals surface area contributed by atoms with Crippen LogP contribution in [0.5, 0.6) is 0 Å². The van der Waals surface area contributed by atoms with Crippen LogP contribution in [-0.4, -0.2) is 46.2 Å². The SMILES string of the molecule is CC1CCCN(c2nc3ncnc(SCC(=O)NCCC4=CCCCC4)c3s2)C1. The summed E-state index contributed by atoms with van der Waals surface area (Å²) in [7, 11) is 0. The van der Waals surface area contributed by atoms with Crippen molar-refractivity contribution in [3.05, 3.63) is 18.0 Å². The van der Waals surface area contributed by atoms with Crippen LogP contribution in [0.25, 0.3) is 10.3 Å². The van der Waals surface area contributed by atoms with Crippen molar-refractivity contribution in [2.45, 2.75) is 56.9 Å². The lowest BCUT2D eigenvalue weighted by atomic mass is 9.97. The summed E-state index contributed by atoms with van der Waals surface area (Å²) in [6.45, 7) is 5.12. The molecule has 2 aliphatic rings. The number of amides is 1. The second kappa shape index (κ2) is 9.89. The molecule has 0 radical (unpaired) electrons. The van der Waals surface area contributed by atoms with Gasteiger partial charge in [0.25, 0.3) is 0 Å². The van der Waals surface area contributed by atoms with E-state index in [4.69, 9.17) is 4.98 Å². The van der Waals surface area contributed by atoms with E-state index in [-0.39, 0.29) is 5.91 Å². The Morgan fingerprint density at radius 3 is 3.10 bits per heavy atom. The first-order valence-electron chi connectivity index (χ1n) is 10.6. The predicted octanol–water partition coefficient (Wildman–Crippen LogP) is 4.42. The number of hydrogen-bond donors (Lipinski definition) is 1. The average molecular weight is 432 g/mol. The Morgan fingerprint density at radius 1 is 1.34 bits per heavy atom. The standard InChI is InChI=1S/C21H29N5OS2/c1-15-6-5-11-26(12-15)21-25-19-18(29-21)20(24-14-23-19)28-13-17(27)22-10-9-16-7-3-2-4-8-16/h7,14-15H,2-6,8-13H2,1H3,(H,22,27). The highest BCUT2D eigenvalue weighted by Crippen LogP contribution is 2.35. The van der Waals surface area contributed by atoms with Gasteiger partial charge in [0, 0.05) is 19.6 Å². The van der Waals surface area contributed by atoms with Crippen LogP contribution in [0, 0.1) is 5.92 Å². The molecule has 1 fully saturated rings. The number of aromatic nitrogens is 3. The molecule has 0 spiro atoms. The number of nitrogens with zero attached hydrogens (tertiary/aromatic N) is 4. The summed E-state index contributed by atoms with van der Waals surface area (Å²) in [5.41, 5.74) is 2.23. The van der Waals surface area contributed by atoms with Gasteiger partial charge < -0.3 is 10.2 Å². The Kier molecular flexibility index (Phi) is 7.02. The number of carbonyl (C=O) groups is 1. The fourth-order valence-electron chi connectivity index (χ4n) is 4.00. The number of piperidine rings is 1. The molecule has 1 aliphatic carbocycles. The molecule has 1 saturated heterocycles. The Bertz CT molecular complexity index is 881. The lowest BCUT2D eigenvalue weighted by Gasteiger charge is -2.30. The van der Waals surface area contributed by atoms with Gasteiger partial charge in [-0.2, -0.15) is 4.98 Å². The summed E-state index contributed by atoms with van der Waals surface area (Å²) >= 11 is 3.13. The molecule has 0 bridgehead atoms. The number of anilines is 1. The van der Waals surface area contributed by atoms with E-state index in [0.717, 1.165) is 46.6 Å². The van der Waals surface area contributed by atoms with Crippen molar-refractivity contribution < 1.29 is 4.79 Å². The topological polar surface area (TPSA) is 71.0 Å². The molecule has 4 rings (SSSR count). The van der Waals surface area contributed by atoms with Gasteiger partial charge >= 0.3 is 0 Å². The summed E-state index contributed by atoms with van der Waals surface area (Å²) in [5, 5.41) is 4.93. The Hall–Kier alpha value is -1.67. The first-order valence-corrected chi connectivity index (χ1v) is 12.4. The molecule has 2 aromatic heterocycles. The zero-order valence-corrected chi connectivity index (χ0v) is 18.7. The third-order valence-corrected chi connectivity index (χ3v) is 7.80. The summed E-state index contributed by atoms with van der Waals surface area (Å²) in [4.78, 5) is 28.1. The smallest absolute Gasteiger partial charge is 0.230 e. The van der Waals surface area contributed by atoms with E-state index in [1.165, 1.54) is 55.9 Å². The number of rotatable bonds is 7. The minimum Gasteiger partial charge on any atom is -0.355 e. The van der Waals surface area contributed by atoms with E-state index in [9.17, 15) is 4.79 Å². The molecule has 1 atom stereocenters. The van der Waals surface area contributed by atoms with E-state index in [2.05, 4.69) is 33.2 Å². The van der Waals surface area contributed by atoms with Gasteiger partial charge in [-0.1, -0.05) is 41.7 Å². The molecular formula is C21H29N5OS2. The summed E-state index contributed by atoms with van der Waals surface area (Å²) in [6.07, 6.45) is 12.3. The van der Waals surface area contributed by atoms with Crippen LogP contribution < -0.4 is 10.2 Å². The summed E-state index contributed by atoms with van der Waals surface area (Å²) in [5.74, 6) is 1.13. The van der Waals surface area contributed by atoms with Crippen LogP contribution in [0.2, 0.25) is 0 Å². The number of allylic oxidation sites excluding steroid dienone is 1. The van der Waals surface area contributed by atoms with Crippen molar-refractivity contribution >= 4 is 44.5 Å². The largest absolute Gasteiger partial charge is 0.355 e. The molecule has 2 aromatic rings. The minimum atomic E-state index is 0.0627. The van der Waals surface area contributed by atoms with Crippen LogP contribution in [0.4, 0.5) is 5.13 Å². The first-order chi connectivity index (χ1) is 14.2. The second-order valence-corrected chi connectivity index (χ2v) is 9.96. The minimum absolute atomic E-state index is 0.0627. The molecule has 1 aliphatic heterocycles. The maximum Gasteiger partial charge on any atom is 0.230 e. The molecule has 1 amide bonds. The number of thiazole rings is 1. The van der Waals surface area contributed by atoms with Gasteiger partial charge in [-0.05, 0) is 50.9 Å². The molecular weight excluding hydrogens is 402 g/mol. The second-order valence-electron chi connectivity index (χ2n) is 8.02. The van der Waals surface area contributed by atoms with Crippen LogP contribution in [0.3, 0.4) is 0 Å². The maximum atomic E-state index is 12.3. The van der Waals surface area contributed by atoms with Gasteiger partial charge in [0.05, 0.1) is 5.75 Å². The molecule has 0 aromatic carbocycles. The van der Waals surface area contributed by atoms with Crippen molar-refractivity contribution in [1.29, 1.82) is 0 Å². The van der Waals surface area contributed by atoms with Crippen LogP contribution in [0.1, 0.15) is 51.9 Å². The van der Waals surface area contributed by atoms with E-state index in [1.807, 2.05) is 0 Å². The van der Waals surface area contributed by atoms with Gasteiger partial charge in [0.15, 0.2) is 10.8 Å². The van der Waals surface area contributed by atoms with Crippen LogP contribution >= 0.6 is 23.1 Å². The van der Waals surface area contributed by atoms with E-state index in [0.29, 0.717) is 11.7 Å². The van der Waals surface area contributed by atoms with Crippen LogP contribution in [-0.2, 0) is 4.79 Å². The maximum absolute atomic E-state index is 12.3. The average Bonchev–Trinajstić information content (AvgIpc) is 3.18. The molecule has 156 valence electrons. The highest BCUT2D eigenvalue weighted by molar-refractivity contribution is 8.00. The molecule has 29 heavy (non-hydrogen) atoms. The Morgan fingerprint density at radius 2 is 2.28 bits per heavy atom. The normalized spacial score (nSPS) is 20.0.